The van der Waals surface area contributed by atoms with Crippen molar-refractivity contribution in [1.29, 1.82) is 0 Å². The lowest BCUT2D eigenvalue weighted by Gasteiger charge is -2.09. The molecule has 0 aromatic carbocycles. The van der Waals surface area contributed by atoms with Gasteiger partial charge in [0, 0.05) is 6.61 Å². The average Bonchev–Trinajstić information content (AvgIpc) is 2.97. The third-order valence-corrected chi connectivity index (χ3v) is 4.07. The summed E-state index contributed by atoms with van der Waals surface area (Å²) in [7, 11) is -4.01. The summed E-state index contributed by atoms with van der Waals surface area (Å²) in [6.45, 7) is 2.89. The number of hydrogen-bond donors (Lipinski definition) is 3. The van der Waals surface area contributed by atoms with Crippen LogP contribution in [0.15, 0.2) is 4.90 Å². The van der Waals surface area contributed by atoms with Crippen LogP contribution in [0.5, 0.6) is 0 Å². The Morgan fingerprint density at radius 2 is 2.35 bits per heavy atom. The highest BCUT2D eigenvalue weighted by molar-refractivity contribution is 7.89. The second kappa shape index (κ2) is 5.90. The van der Waals surface area contributed by atoms with E-state index in [4.69, 9.17) is 9.88 Å². The van der Waals surface area contributed by atoms with Gasteiger partial charge in [-0.2, -0.15) is 5.10 Å². The second-order valence-corrected chi connectivity index (χ2v) is 6.21. The summed E-state index contributed by atoms with van der Waals surface area (Å²) in [6, 6.07) is -0.123. The summed E-state index contributed by atoms with van der Waals surface area (Å²) < 4.78 is 28.5. The van der Waals surface area contributed by atoms with Crippen LogP contribution in [0.1, 0.15) is 35.9 Å². The predicted octanol–water partition coefficient (Wildman–Crippen LogP) is -0.472. The maximum atomic E-state index is 12.1. The molecule has 0 aliphatic carbocycles. The quantitative estimate of drug-likeness (QED) is 0.677. The number of rotatable bonds is 5. The van der Waals surface area contributed by atoms with E-state index in [2.05, 4.69) is 15.5 Å². The van der Waals surface area contributed by atoms with Crippen molar-refractivity contribution in [2.75, 3.05) is 13.2 Å². The van der Waals surface area contributed by atoms with Crippen LogP contribution < -0.4 is 10.5 Å². The first kappa shape index (κ1) is 14.9. The Balaban J connectivity index is 2.28. The van der Waals surface area contributed by atoms with Crippen LogP contribution in [0, 0.1) is 0 Å². The van der Waals surface area contributed by atoms with Crippen molar-refractivity contribution in [3.05, 3.63) is 11.4 Å². The minimum Gasteiger partial charge on any atom is -0.379 e. The molecule has 1 unspecified atom stereocenters. The predicted molar refractivity (Wildman–Crippen MR) is 70.6 cm³/mol. The summed E-state index contributed by atoms with van der Waals surface area (Å²) in [5.41, 5.74) is 0.186. The number of hydrogen-bond acceptors (Lipinski definition) is 5. The van der Waals surface area contributed by atoms with E-state index in [1.165, 1.54) is 0 Å². The average molecular weight is 302 g/mol. The van der Waals surface area contributed by atoms with Crippen LogP contribution in [-0.4, -0.2) is 43.8 Å². The van der Waals surface area contributed by atoms with Gasteiger partial charge in [-0.1, -0.05) is 13.3 Å². The molecule has 1 aromatic heterocycles. The Labute approximate surface area is 117 Å². The van der Waals surface area contributed by atoms with Crippen molar-refractivity contribution in [2.45, 2.75) is 37.1 Å². The molecule has 4 N–H and O–H groups in total. The van der Waals surface area contributed by atoms with Gasteiger partial charge in [0.1, 0.15) is 4.90 Å². The Hall–Kier alpha value is -1.45. The van der Waals surface area contributed by atoms with Crippen molar-refractivity contribution in [1.82, 2.24) is 15.5 Å². The first-order valence-electron chi connectivity index (χ1n) is 6.42. The second-order valence-electron chi connectivity index (χ2n) is 4.71. The first-order valence-corrected chi connectivity index (χ1v) is 7.96. The molecule has 9 heteroatoms. The Morgan fingerprint density at radius 3 is 2.90 bits per heavy atom. The summed E-state index contributed by atoms with van der Waals surface area (Å²) in [6.07, 6.45) is 1.86. The van der Waals surface area contributed by atoms with Gasteiger partial charge in [0.2, 0.25) is 10.0 Å². The van der Waals surface area contributed by atoms with E-state index in [0.717, 1.165) is 0 Å². The molecule has 1 aromatic rings. The molecule has 1 fully saturated rings. The lowest BCUT2D eigenvalue weighted by atomic mass is 10.2. The highest BCUT2D eigenvalue weighted by atomic mass is 32.2. The Kier molecular flexibility index (Phi) is 4.41. The number of sulfonamides is 1. The zero-order chi connectivity index (χ0) is 14.8. The summed E-state index contributed by atoms with van der Waals surface area (Å²) in [4.78, 5) is 11.9. The van der Waals surface area contributed by atoms with E-state index in [1.54, 1.807) is 0 Å². The molecule has 0 saturated carbocycles. The number of carbonyl (C=O) groups is 1. The summed E-state index contributed by atoms with van der Waals surface area (Å²) in [5, 5.41) is 14.3. The molecule has 1 atom stereocenters. The van der Waals surface area contributed by atoms with E-state index in [0.29, 0.717) is 38.2 Å². The third-order valence-electron chi connectivity index (χ3n) is 3.06. The zero-order valence-corrected chi connectivity index (χ0v) is 12.0. The van der Waals surface area contributed by atoms with Crippen molar-refractivity contribution < 1.29 is 17.9 Å². The van der Waals surface area contributed by atoms with Gasteiger partial charge >= 0.3 is 0 Å². The third kappa shape index (κ3) is 3.17. The van der Waals surface area contributed by atoms with Crippen molar-refractivity contribution in [3.8, 4) is 0 Å². The fourth-order valence-corrected chi connectivity index (χ4v) is 3.05. The monoisotopic (exact) mass is 302 g/mol. The number of nitrogens with one attached hydrogen (secondary N) is 2. The molecule has 112 valence electrons. The maximum absolute atomic E-state index is 12.1. The van der Waals surface area contributed by atoms with Crippen molar-refractivity contribution in [3.63, 3.8) is 0 Å². The van der Waals surface area contributed by atoms with Gasteiger partial charge in [0.15, 0.2) is 5.69 Å². The van der Waals surface area contributed by atoms with E-state index in [9.17, 15) is 13.2 Å². The number of aryl methyl sites for hydroxylation is 1. The molecule has 0 bridgehead atoms. The van der Waals surface area contributed by atoms with Crippen LogP contribution in [0.2, 0.25) is 0 Å². The number of nitrogens with two attached hydrogens (primary N) is 1. The molecular formula is C11H18N4O4S. The normalized spacial score (nSPS) is 19.2. The number of carbonyl (C=O) groups excluding carboxylic acids is 1. The minimum absolute atomic E-state index is 0.123. The molecule has 2 heterocycles. The lowest BCUT2D eigenvalue weighted by molar-refractivity contribution is 0.0921. The molecule has 0 spiro atoms. The number of H-pyrrole nitrogens is 1. The number of primary sulfonamides is 1. The summed E-state index contributed by atoms with van der Waals surface area (Å²) in [5.74, 6) is -0.553. The molecule has 1 amide bonds. The molecule has 1 saturated heterocycles. The molecule has 1 aliphatic heterocycles. The number of aromatic amines is 1. The van der Waals surface area contributed by atoms with Crippen molar-refractivity contribution in [2.24, 2.45) is 5.14 Å². The molecular weight excluding hydrogens is 284 g/mol. The van der Waals surface area contributed by atoms with Gasteiger partial charge in [-0.25, -0.2) is 13.6 Å². The molecule has 20 heavy (non-hydrogen) atoms. The van der Waals surface area contributed by atoms with E-state index >= 15 is 0 Å². The smallest absolute Gasteiger partial charge is 0.273 e. The topological polar surface area (TPSA) is 127 Å². The number of ether oxygens (including phenoxy) is 1. The maximum Gasteiger partial charge on any atom is 0.273 e. The van der Waals surface area contributed by atoms with Crippen LogP contribution >= 0.6 is 0 Å². The Morgan fingerprint density at radius 1 is 1.60 bits per heavy atom. The van der Waals surface area contributed by atoms with E-state index < -0.39 is 15.9 Å². The highest BCUT2D eigenvalue weighted by Crippen LogP contribution is 2.18. The SMILES string of the molecule is CCCc1[nH]nc(C(=O)NC2CCOC2)c1S(N)(=O)=O. The van der Waals surface area contributed by atoms with E-state index in [1.807, 2.05) is 6.92 Å². The van der Waals surface area contributed by atoms with Gasteiger partial charge in [-0.05, 0) is 12.8 Å². The molecule has 1 aliphatic rings. The summed E-state index contributed by atoms with van der Waals surface area (Å²) >= 11 is 0. The fraction of sp³-hybridized carbons (Fsp3) is 0.636. The fourth-order valence-electron chi connectivity index (χ4n) is 2.15. The lowest BCUT2D eigenvalue weighted by Crippen LogP contribution is -2.36. The largest absolute Gasteiger partial charge is 0.379 e. The van der Waals surface area contributed by atoms with Gasteiger partial charge in [0.05, 0.1) is 18.3 Å². The number of nitrogens with zero attached hydrogens (tertiary/aromatic N) is 1. The molecule has 8 nitrogen and oxygen atoms in total. The van der Waals surface area contributed by atoms with E-state index in [-0.39, 0.29) is 16.6 Å². The van der Waals surface area contributed by atoms with Gasteiger partial charge in [-0.3, -0.25) is 9.89 Å². The van der Waals surface area contributed by atoms with Crippen LogP contribution in [0.25, 0.3) is 0 Å². The number of aromatic nitrogens is 2. The minimum atomic E-state index is -4.01. The zero-order valence-electron chi connectivity index (χ0n) is 11.2. The molecule has 0 radical (unpaired) electrons. The number of amides is 1. The molecule has 2 rings (SSSR count). The first-order chi connectivity index (χ1) is 9.43. The van der Waals surface area contributed by atoms with Crippen LogP contribution in [-0.2, 0) is 21.2 Å². The van der Waals surface area contributed by atoms with Crippen LogP contribution in [0.4, 0.5) is 0 Å². The van der Waals surface area contributed by atoms with Crippen LogP contribution in [0.3, 0.4) is 0 Å². The van der Waals surface area contributed by atoms with Crippen molar-refractivity contribution >= 4 is 15.9 Å². The highest BCUT2D eigenvalue weighted by Gasteiger charge is 2.29. The van der Waals surface area contributed by atoms with Gasteiger partial charge < -0.3 is 10.1 Å². The Bertz CT molecular complexity index is 590. The van der Waals surface area contributed by atoms with Gasteiger partial charge in [-0.15, -0.1) is 0 Å². The van der Waals surface area contributed by atoms with Gasteiger partial charge in [0.25, 0.3) is 5.91 Å². The standard InChI is InChI=1S/C11H18N4O4S/c1-2-3-8-10(20(12,17)18)9(15-14-8)11(16)13-7-4-5-19-6-7/h7H,2-6H2,1H3,(H,13,16)(H,14,15)(H2,12,17,18).